The van der Waals surface area contributed by atoms with Gasteiger partial charge in [-0.1, -0.05) is 12.1 Å². The zero-order chi connectivity index (χ0) is 14.4. The molecule has 1 heterocycles. The molecule has 2 rings (SSSR count). The number of anilines is 1. The van der Waals surface area contributed by atoms with Crippen LogP contribution in [-0.4, -0.2) is 48.5 Å². The van der Waals surface area contributed by atoms with E-state index in [4.69, 9.17) is 10.2 Å². The molecule has 0 saturated carbocycles. The summed E-state index contributed by atoms with van der Waals surface area (Å²) in [4.78, 5) is 14.5. The second-order valence-corrected chi connectivity index (χ2v) is 5.10. The third kappa shape index (κ3) is 3.49. The summed E-state index contributed by atoms with van der Waals surface area (Å²) in [5, 5.41) is 20.8. The number of aliphatic hydroxyl groups excluding tert-OH is 2. The SMILES string of the molecule is O=C(NC(CO)CO)c1ccccc1N1CCCCC1. The van der Waals surface area contributed by atoms with Gasteiger partial charge in [0.2, 0.25) is 0 Å². The van der Waals surface area contributed by atoms with Gasteiger partial charge in [-0.15, -0.1) is 0 Å². The summed E-state index contributed by atoms with van der Waals surface area (Å²) in [5.41, 5.74) is 1.53. The fraction of sp³-hybridized carbons (Fsp3) is 0.533. The molecule has 3 N–H and O–H groups in total. The van der Waals surface area contributed by atoms with E-state index in [1.165, 1.54) is 6.42 Å². The maximum atomic E-state index is 12.3. The molecule has 1 aliphatic heterocycles. The highest BCUT2D eigenvalue weighted by Gasteiger charge is 2.19. The first kappa shape index (κ1) is 14.8. The average Bonchev–Trinajstić information content (AvgIpc) is 2.53. The molecule has 0 unspecified atom stereocenters. The van der Waals surface area contributed by atoms with Gasteiger partial charge in [-0.2, -0.15) is 0 Å². The van der Waals surface area contributed by atoms with Crippen molar-refractivity contribution in [3.05, 3.63) is 29.8 Å². The molecular formula is C15H22N2O3. The van der Waals surface area contributed by atoms with E-state index >= 15 is 0 Å². The molecule has 0 bridgehead atoms. The Morgan fingerprint density at radius 3 is 2.45 bits per heavy atom. The van der Waals surface area contributed by atoms with Gasteiger partial charge in [-0.3, -0.25) is 4.79 Å². The zero-order valence-electron chi connectivity index (χ0n) is 11.6. The highest BCUT2D eigenvalue weighted by atomic mass is 16.3. The highest BCUT2D eigenvalue weighted by molar-refractivity contribution is 6.00. The van der Waals surface area contributed by atoms with Crippen LogP contribution in [0.25, 0.3) is 0 Å². The zero-order valence-corrected chi connectivity index (χ0v) is 11.6. The van der Waals surface area contributed by atoms with Crippen molar-refractivity contribution in [2.24, 2.45) is 0 Å². The van der Waals surface area contributed by atoms with Crippen LogP contribution >= 0.6 is 0 Å². The number of hydrogen-bond acceptors (Lipinski definition) is 4. The van der Waals surface area contributed by atoms with Gasteiger partial charge < -0.3 is 20.4 Å². The Morgan fingerprint density at radius 1 is 1.15 bits per heavy atom. The molecule has 20 heavy (non-hydrogen) atoms. The lowest BCUT2D eigenvalue weighted by Gasteiger charge is -2.30. The molecule has 1 saturated heterocycles. The first-order valence-electron chi connectivity index (χ1n) is 7.13. The van der Waals surface area contributed by atoms with E-state index in [1.807, 2.05) is 18.2 Å². The molecule has 1 aromatic carbocycles. The number of nitrogens with one attached hydrogen (secondary N) is 1. The minimum absolute atomic E-state index is 0.251. The molecule has 1 aliphatic rings. The maximum Gasteiger partial charge on any atom is 0.253 e. The Labute approximate surface area is 119 Å². The number of carbonyl (C=O) groups is 1. The smallest absolute Gasteiger partial charge is 0.253 e. The largest absolute Gasteiger partial charge is 0.394 e. The van der Waals surface area contributed by atoms with Crippen LogP contribution in [-0.2, 0) is 0 Å². The van der Waals surface area contributed by atoms with Crippen molar-refractivity contribution in [2.45, 2.75) is 25.3 Å². The lowest BCUT2D eigenvalue weighted by Crippen LogP contribution is -2.41. The molecule has 0 aliphatic carbocycles. The molecule has 0 spiro atoms. The number of benzene rings is 1. The van der Waals surface area contributed by atoms with Gasteiger partial charge in [0.05, 0.1) is 24.8 Å². The second-order valence-electron chi connectivity index (χ2n) is 5.10. The van der Waals surface area contributed by atoms with Crippen molar-refractivity contribution in [2.75, 3.05) is 31.2 Å². The lowest BCUT2D eigenvalue weighted by atomic mass is 10.1. The molecule has 110 valence electrons. The monoisotopic (exact) mass is 278 g/mol. The standard InChI is InChI=1S/C15H22N2O3/c18-10-12(11-19)16-15(20)13-6-2-3-7-14(13)17-8-4-1-5-9-17/h2-3,6-7,12,18-19H,1,4-5,8-11H2,(H,16,20). The van der Waals surface area contributed by atoms with E-state index < -0.39 is 6.04 Å². The number of amides is 1. The number of rotatable bonds is 5. The van der Waals surface area contributed by atoms with Crippen LogP contribution in [0.2, 0.25) is 0 Å². The Morgan fingerprint density at radius 2 is 1.80 bits per heavy atom. The molecule has 1 fully saturated rings. The fourth-order valence-corrected chi connectivity index (χ4v) is 2.49. The van der Waals surface area contributed by atoms with Gasteiger partial charge in [-0.05, 0) is 31.4 Å². The second kappa shape index (κ2) is 7.26. The molecule has 5 heteroatoms. The summed E-state index contributed by atoms with van der Waals surface area (Å²) in [6, 6.07) is 6.88. The molecule has 1 aromatic rings. The molecule has 0 aromatic heterocycles. The van der Waals surface area contributed by atoms with Crippen molar-refractivity contribution >= 4 is 11.6 Å². The molecule has 5 nitrogen and oxygen atoms in total. The van der Waals surface area contributed by atoms with Crippen molar-refractivity contribution < 1.29 is 15.0 Å². The number of piperidine rings is 1. The van der Waals surface area contributed by atoms with Crippen LogP contribution in [0.1, 0.15) is 29.6 Å². The summed E-state index contributed by atoms with van der Waals surface area (Å²) < 4.78 is 0. The van der Waals surface area contributed by atoms with E-state index in [1.54, 1.807) is 6.07 Å². The first-order chi connectivity index (χ1) is 9.76. The van der Waals surface area contributed by atoms with E-state index in [0.717, 1.165) is 31.6 Å². The van der Waals surface area contributed by atoms with Crippen LogP contribution in [0.3, 0.4) is 0 Å². The lowest BCUT2D eigenvalue weighted by molar-refractivity contribution is 0.0880. The van der Waals surface area contributed by atoms with Gasteiger partial charge >= 0.3 is 0 Å². The van der Waals surface area contributed by atoms with Crippen LogP contribution in [0.5, 0.6) is 0 Å². The summed E-state index contributed by atoms with van der Waals surface area (Å²) in [7, 11) is 0. The molecular weight excluding hydrogens is 256 g/mol. The highest BCUT2D eigenvalue weighted by Crippen LogP contribution is 2.24. The number of nitrogens with zero attached hydrogens (tertiary/aromatic N) is 1. The Kier molecular flexibility index (Phi) is 5.38. The first-order valence-corrected chi connectivity index (χ1v) is 7.13. The van der Waals surface area contributed by atoms with Crippen LogP contribution in [0, 0.1) is 0 Å². The van der Waals surface area contributed by atoms with Crippen LogP contribution in [0.4, 0.5) is 5.69 Å². The maximum absolute atomic E-state index is 12.3. The molecule has 0 radical (unpaired) electrons. The fourth-order valence-electron chi connectivity index (χ4n) is 2.49. The summed E-state index contributed by atoms with van der Waals surface area (Å²) >= 11 is 0. The van der Waals surface area contributed by atoms with Gasteiger partial charge in [0.25, 0.3) is 5.91 Å². The van der Waals surface area contributed by atoms with Gasteiger partial charge in [0.15, 0.2) is 0 Å². The topological polar surface area (TPSA) is 72.8 Å². The Bertz CT molecular complexity index is 440. The van der Waals surface area contributed by atoms with Crippen molar-refractivity contribution in [3.8, 4) is 0 Å². The summed E-state index contributed by atoms with van der Waals surface area (Å²) in [6.07, 6.45) is 3.53. The number of para-hydroxylation sites is 1. The van der Waals surface area contributed by atoms with Crippen LogP contribution in [0.15, 0.2) is 24.3 Å². The Balaban J connectivity index is 2.16. The number of aliphatic hydroxyl groups is 2. The predicted octanol–water partition coefficient (Wildman–Crippen LogP) is 0.760. The minimum atomic E-state index is -0.614. The molecule has 1 amide bonds. The molecule has 0 atom stereocenters. The van der Waals surface area contributed by atoms with E-state index in [-0.39, 0.29) is 19.1 Å². The summed E-state index contributed by atoms with van der Waals surface area (Å²) in [6.45, 7) is 1.39. The minimum Gasteiger partial charge on any atom is -0.394 e. The van der Waals surface area contributed by atoms with Gasteiger partial charge in [-0.25, -0.2) is 0 Å². The predicted molar refractivity (Wildman–Crippen MR) is 77.9 cm³/mol. The normalized spacial score (nSPS) is 15.4. The van der Waals surface area contributed by atoms with Crippen LogP contribution < -0.4 is 10.2 Å². The van der Waals surface area contributed by atoms with Gasteiger partial charge in [0, 0.05) is 18.8 Å². The van der Waals surface area contributed by atoms with Gasteiger partial charge in [0.1, 0.15) is 0 Å². The third-order valence-electron chi connectivity index (χ3n) is 3.62. The van der Waals surface area contributed by atoms with E-state index in [2.05, 4.69) is 10.2 Å². The quantitative estimate of drug-likeness (QED) is 0.743. The number of hydrogen-bond donors (Lipinski definition) is 3. The van der Waals surface area contributed by atoms with Crippen molar-refractivity contribution in [3.63, 3.8) is 0 Å². The third-order valence-corrected chi connectivity index (χ3v) is 3.62. The van der Waals surface area contributed by atoms with Crippen molar-refractivity contribution in [1.29, 1.82) is 0 Å². The van der Waals surface area contributed by atoms with Crippen molar-refractivity contribution in [1.82, 2.24) is 5.32 Å². The van der Waals surface area contributed by atoms with E-state index in [9.17, 15) is 4.79 Å². The Hall–Kier alpha value is -1.59. The van der Waals surface area contributed by atoms with E-state index in [0.29, 0.717) is 5.56 Å². The summed E-state index contributed by atoms with van der Waals surface area (Å²) in [5.74, 6) is -0.251. The average molecular weight is 278 g/mol. The number of carbonyl (C=O) groups excluding carboxylic acids is 1.